The van der Waals surface area contributed by atoms with E-state index in [4.69, 9.17) is 14.7 Å². The fourth-order valence-electron chi connectivity index (χ4n) is 14.8. The number of aromatic nitrogens is 4. The molecule has 12 rings (SSSR count). The molecule has 4 aliphatic carbocycles. The van der Waals surface area contributed by atoms with E-state index in [1.807, 2.05) is 0 Å². The van der Waals surface area contributed by atoms with E-state index in [1.54, 1.807) is 0 Å². The Morgan fingerprint density at radius 1 is 0.384 bits per heavy atom. The molecule has 0 bridgehead atoms. The van der Waals surface area contributed by atoms with Gasteiger partial charge < -0.3 is 13.9 Å². The maximum atomic E-state index is 6.56. The molecule has 2 unspecified atom stereocenters. The standard InChI is InChI=1S/C68H74N4O/c1-7-27-55(28-8-1)67(56-29-9-2-10-30-56,57-31-11-3-12-32-57)71-47-63(69-49-71)61-39-19-23-51(65(61)53-41-42-53)25-21-45-73-46-22-26-52-24-20-40-62(66(52)54-43-44-54)64-48-72(50-70-64)68(58-33-13-4-14-34-58,59-35-15-5-16-36-59)60-37-17-6-18-38-60/h1-18,27-38,47-54,61-62,65-66H,19-26,39-46H2/t51?,52?,61-,62-,65-,66-/m0/s1. The van der Waals surface area contributed by atoms with Gasteiger partial charge in [-0.25, -0.2) is 9.97 Å². The van der Waals surface area contributed by atoms with E-state index in [-0.39, 0.29) is 0 Å². The molecular weight excluding hydrogens is 889 g/mol. The van der Waals surface area contributed by atoms with Crippen molar-refractivity contribution in [1.29, 1.82) is 0 Å². The molecule has 8 aromatic rings. The minimum Gasteiger partial charge on any atom is -0.381 e. The lowest BCUT2D eigenvalue weighted by atomic mass is 9.67. The van der Waals surface area contributed by atoms with E-state index >= 15 is 0 Å². The van der Waals surface area contributed by atoms with Gasteiger partial charge in [-0.2, -0.15) is 0 Å². The van der Waals surface area contributed by atoms with Crippen LogP contribution in [0.25, 0.3) is 0 Å². The van der Waals surface area contributed by atoms with Gasteiger partial charge in [-0.05, 0) is 133 Å². The van der Waals surface area contributed by atoms with Crippen LogP contribution in [0, 0.1) is 35.5 Å². The SMILES string of the molecule is c1ccc(C(c2ccccc2)(c2ccccc2)n2cnc([C@@H]3CCCC(CCCOCCCC4CCC[C@@H](c5cn(C(c6ccccc6)(c6ccccc6)c6ccccc6)cn5)[C@@H]4C4CC4)[C@H]3C3CC3)c2)cc1. The Morgan fingerprint density at radius 2 is 0.685 bits per heavy atom. The van der Waals surface area contributed by atoms with Crippen molar-refractivity contribution < 1.29 is 4.74 Å². The van der Waals surface area contributed by atoms with Crippen LogP contribution in [0.5, 0.6) is 0 Å². The topological polar surface area (TPSA) is 44.9 Å². The summed E-state index contributed by atoms with van der Waals surface area (Å²) >= 11 is 0. The summed E-state index contributed by atoms with van der Waals surface area (Å²) < 4.78 is 11.4. The van der Waals surface area contributed by atoms with Crippen LogP contribution in [0.1, 0.15) is 146 Å². The minimum atomic E-state index is -0.529. The summed E-state index contributed by atoms with van der Waals surface area (Å²) in [6.45, 7) is 1.76. The van der Waals surface area contributed by atoms with Gasteiger partial charge in [0.25, 0.3) is 0 Å². The first-order chi connectivity index (χ1) is 36.2. The van der Waals surface area contributed by atoms with E-state index in [0.717, 1.165) is 49.7 Å². The molecule has 0 spiro atoms. The van der Waals surface area contributed by atoms with Crippen LogP contribution in [-0.4, -0.2) is 32.3 Å². The number of benzene rings is 6. The van der Waals surface area contributed by atoms with Crippen LogP contribution < -0.4 is 0 Å². The first-order valence-electron chi connectivity index (χ1n) is 28.2. The molecule has 73 heavy (non-hydrogen) atoms. The lowest BCUT2D eigenvalue weighted by Gasteiger charge is -2.39. The van der Waals surface area contributed by atoms with Crippen molar-refractivity contribution in [1.82, 2.24) is 19.1 Å². The van der Waals surface area contributed by atoms with Crippen LogP contribution in [-0.2, 0) is 15.8 Å². The second-order valence-electron chi connectivity index (χ2n) is 22.3. The van der Waals surface area contributed by atoms with Crippen molar-refractivity contribution in [3.63, 3.8) is 0 Å². The molecule has 0 saturated heterocycles. The van der Waals surface area contributed by atoms with Crippen molar-refractivity contribution in [2.24, 2.45) is 35.5 Å². The highest BCUT2D eigenvalue weighted by Gasteiger charge is 2.47. The van der Waals surface area contributed by atoms with Crippen LogP contribution in [0.4, 0.5) is 0 Å². The zero-order valence-corrected chi connectivity index (χ0v) is 42.8. The van der Waals surface area contributed by atoms with Gasteiger partial charge in [-0.1, -0.05) is 208 Å². The molecule has 6 atom stereocenters. The predicted molar refractivity (Wildman–Crippen MR) is 296 cm³/mol. The Labute approximate surface area is 435 Å². The smallest absolute Gasteiger partial charge is 0.121 e. The second-order valence-corrected chi connectivity index (χ2v) is 22.3. The Balaban J connectivity index is 0.698. The van der Waals surface area contributed by atoms with Gasteiger partial charge in [0, 0.05) is 37.4 Å². The van der Waals surface area contributed by atoms with Crippen molar-refractivity contribution in [3.05, 3.63) is 252 Å². The zero-order valence-electron chi connectivity index (χ0n) is 42.8. The largest absolute Gasteiger partial charge is 0.381 e. The lowest BCUT2D eigenvalue weighted by Crippen LogP contribution is -2.37. The Kier molecular flexibility index (Phi) is 14.1. The fraction of sp³-hybridized carbons (Fsp3) is 0.382. The number of hydrogen-bond acceptors (Lipinski definition) is 3. The number of nitrogens with zero attached hydrogens (tertiary/aromatic N) is 4. The van der Waals surface area contributed by atoms with Crippen LogP contribution in [0.3, 0.4) is 0 Å². The average molecular weight is 963 g/mol. The van der Waals surface area contributed by atoms with Crippen molar-refractivity contribution in [3.8, 4) is 0 Å². The van der Waals surface area contributed by atoms with Gasteiger partial charge in [0.1, 0.15) is 11.1 Å². The molecule has 2 aromatic heterocycles. The van der Waals surface area contributed by atoms with Crippen LogP contribution >= 0.6 is 0 Å². The first-order valence-corrected chi connectivity index (χ1v) is 28.2. The normalized spacial score (nSPS) is 22.5. The van der Waals surface area contributed by atoms with Gasteiger partial charge in [0.05, 0.1) is 24.0 Å². The van der Waals surface area contributed by atoms with Gasteiger partial charge in [0.2, 0.25) is 0 Å². The molecular formula is C68H74N4O. The molecule has 0 N–H and O–H groups in total. The van der Waals surface area contributed by atoms with Gasteiger partial charge in [0.15, 0.2) is 0 Å². The van der Waals surface area contributed by atoms with E-state index in [9.17, 15) is 0 Å². The quantitative estimate of drug-likeness (QED) is 0.0565. The first kappa shape index (κ1) is 47.7. The molecule has 0 radical (unpaired) electrons. The molecule has 0 aliphatic heterocycles. The van der Waals surface area contributed by atoms with Gasteiger partial charge in [-0.3, -0.25) is 0 Å². The zero-order chi connectivity index (χ0) is 48.9. The lowest BCUT2D eigenvalue weighted by molar-refractivity contribution is 0.0951. The van der Waals surface area contributed by atoms with Gasteiger partial charge in [-0.15, -0.1) is 0 Å². The monoisotopic (exact) mass is 963 g/mol. The third kappa shape index (κ3) is 9.48. The molecule has 2 heterocycles. The predicted octanol–water partition coefficient (Wildman–Crippen LogP) is 15.9. The van der Waals surface area contributed by atoms with Crippen molar-refractivity contribution in [2.45, 2.75) is 113 Å². The molecule has 5 heteroatoms. The van der Waals surface area contributed by atoms with Crippen molar-refractivity contribution >= 4 is 0 Å². The molecule has 0 amide bonds. The molecule has 4 fully saturated rings. The summed E-state index contributed by atoms with van der Waals surface area (Å²) in [5.74, 6) is 5.54. The number of ether oxygens (including phenoxy) is 1. The highest BCUT2D eigenvalue weighted by atomic mass is 16.5. The summed E-state index contributed by atoms with van der Waals surface area (Å²) in [5.41, 5.74) is 9.01. The second kappa shape index (κ2) is 21.7. The van der Waals surface area contributed by atoms with Crippen molar-refractivity contribution in [2.75, 3.05) is 13.2 Å². The Morgan fingerprint density at radius 3 is 0.973 bits per heavy atom. The third-order valence-electron chi connectivity index (χ3n) is 18.1. The Hall–Kier alpha value is -6.30. The van der Waals surface area contributed by atoms with Crippen LogP contribution in [0.15, 0.2) is 207 Å². The highest BCUT2D eigenvalue weighted by Crippen LogP contribution is 2.56. The molecule has 5 nitrogen and oxygen atoms in total. The number of rotatable bonds is 20. The fourth-order valence-corrected chi connectivity index (χ4v) is 14.8. The van der Waals surface area contributed by atoms with E-state index in [0.29, 0.717) is 23.7 Å². The summed E-state index contributed by atoms with van der Waals surface area (Å²) in [6, 6.07) is 66.3. The van der Waals surface area contributed by atoms with Crippen LogP contribution in [0.2, 0.25) is 0 Å². The molecule has 4 saturated carbocycles. The minimum absolute atomic E-state index is 0.500. The van der Waals surface area contributed by atoms with E-state index in [2.05, 4.69) is 216 Å². The summed E-state index contributed by atoms with van der Waals surface area (Å²) in [7, 11) is 0. The maximum absolute atomic E-state index is 6.56. The van der Waals surface area contributed by atoms with E-state index in [1.165, 1.54) is 122 Å². The summed E-state index contributed by atoms with van der Waals surface area (Å²) in [5, 5.41) is 0. The van der Waals surface area contributed by atoms with Gasteiger partial charge >= 0.3 is 0 Å². The average Bonchev–Trinajstić information content (AvgIpc) is 4.39. The molecule has 6 aromatic carbocycles. The summed E-state index contributed by atoms with van der Waals surface area (Å²) in [6.07, 6.45) is 27.2. The highest BCUT2D eigenvalue weighted by molar-refractivity contribution is 5.52. The summed E-state index contributed by atoms with van der Waals surface area (Å²) in [4.78, 5) is 10.7. The number of hydrogen-bond donors (Lipinski definition) is 0. The molecule has 4 aliphatic rings. The number of imidazole rings is 2. The van der Waals surface area contributed by atoms with E-state index < -0.39 is 11.1 Å². The Bertz CT molecular complexity index is 2550. The third-order valence-corrected chi connectivity index (χ3v) is 18.1. The molecule has 372 valence electrons. The maximum Gasteiger partial charge on any atom is 0.121 e.